The number of hydrogen-bond acceptors (Lipinski definition) is 5. The van der Waals surface area contributed by atoms with Gasteiger partial charge in [-0.25, -0.2) is 0 Å². The highest BCUT2D eigenvalue weighted by molar-refractivity contribution is 5.80. The molecule has 0 spiro atoms. The van der Waals surface area contributed by atoms with Gasteiger partial charge in [-0.15, -0.1) is 0 Å². The smallest absolute Gasteiger partial charge is 0.247 e. The van der Waals surface area contributed by atoms with Crippen molar-refractivity contribution in [1.29, 1.82) is 0 Å². The van der Waals surface area contributed by atoms with Gasteiger partial charge in [0.05, 0.1) is 0 Å². The lowest BCUT2D eigenvalue weighted by molar-refractivity contribution is -0.136. The Labute approximate surface area is 164 Å². The van der Waals surface area contributed by atoms with Crippen LogP contribution < -0.4 is 0 Å². The number of rotatable bonds is 5. The summed E-state index contributed by atoms with van der Waals surface area (Å²) >= 11 is 0. The lowest BCUT2D eigenvalue weighted by Gasteiger charge is -2.33. The number of aryl methyl sites for hydroxylation is 1. The fraction of sp³-hybridized carbons (Fsp3) is 0.429. The zero-order valence-corrected chi connectivity index (χ0v) is 16.3. The molecule has 0 unspecified atom stereocenters. The summed E-state index contributed by atoms with van der Waals surface area (Å²) in [7, 11) is 0. The van der Waals surface area contributed by atoms with Crippen molar-refractivity contribution in [3.63, 3.8) is 0 Å². The summed E-state index contributed by atoms with van der Waals surface area (Å²) in [6, 6.07) is 9.56. The SMILES string of the molecule is Cc1ccccc1-c1noc(C[C@H]2CCCN(C(=O)[C@@H](C)n3cccn3)C2)n1. The van der Waals surface area contributed by atoms with Crippen LogP contribution in [0.4, 0.5) is 0 Å². The van der Waals surface area contributed by atoms with E-state index in [1.54, 1.807) is 10.9 Å². The van der Waals surface area contributed by atoms with Crippen LogP contribution in [0, 0.1) is 12.8 Å². The third-order valence-corrected chi connectivity index (χ3v) is 5.43. The molecule has 0 aliphatic carbocycles. The monoisotopic (exact) mass is 379 g/mol. The van der Waals surface area contributed by atoms with E-state index in [4.69, 9.17) is 4.52 Å². The van der Waals surface area contributed by atoms with Crippen LogP contribution in [0.5, 0.6) is 0 Å². The van der Waals surface area contributed by atoms with Crippen molar-refractivity contribution < 1.29 is 9.32 Å². The number of hydrogen-bond donors (Lipinski definition) is 0. The third-order valence-electron chi connectivity index (χ3n) is 5.43. The van der Waals surface area contributed by atoms with Crippen molar-refractivity contribution in [2.24, 2.45) is 5.92 Å². The Morgan fingerprint density at radius 2 is 2.18 bits per heavy atom. The number of carbonyl (C=O) groups is 1. The van der Waals surface area contributed by atoms with Gasteiger partial charge in [0.25, 0.3) is 0 Å². The van der Waals surface area contributed by atoms with E-state index in [2.05, 4.69) is 15.2 Å². The lowest BCUT2D eigenvalue weighted by Crippen LogP contribution is -2.43. The first kappa shape index (κ1) is 18.4. The predicted octanol–water partition coefficient (Wildman–Crippen LogP) is 3.28. The van der Waals surface area contributed by atoms with Gasteiger partial charge in [0.15, 0.2) is 0 Å². The van der Waals surface area contributed by atoms with Crippen LogP contribution in [0.3, 0.4) is 0 Å². The average molecular weight is 379 g/mol. The molecule has 0 radical (unpaired) electrons. The number of amides is 1. The number of likely N-dealkylation sites (tertiary alicyclic amines) is 1. The molecule has 1 amide bonds. The molecule has 0 N–H and O–H groups in total. The van der Waals surface area contributed by atoms with E-state index in [1.807, 2.05) is 55.3 Å². The number of carbonyl (C=O) groups excluding carboxylic acids is 1. The highest BCUT2D eigenvalue weighted by Crippen LogP contribution is 2.25. The van der Waals surface area contributed by atoms with E-state index in [0.29, 0.717) is 30.6 Å². The molecule has 146 valence electrons. The maximum Gasteiger partial charge on any atom is 0.247 e. The van der Waals surface area contributed by atoms with Gasteiger partial charge >= 0.3 is 0 Å². The van der Waals surface area contributed by atoms with Gasteiger partial charge in [-0.2, -0.15) is 10.1 Å². The van der Waals surface area contributed by atoms with Crippen LogP contribution in [0.25, 0.3) is 11.4 Å². The second-order valence-corrected chi connectivity index (χ2v) is 7.49. The molecule has 3 aromatic rings. The Hall–Kier alpha value is -2.96. The van der Waals surface area contributed by atoms with Crippen LogP contribution in [0.1, 0.15) is 37.3 Å². The Bertz CT molecular complexity index is 934. The Morgan fingerprint density at radius 1 is 1.32 bits per heavy atom. The number of aromatic nitrogens is 4. The van der Waals surface area contributed by atoms with Crippen molar-refractivity contribution in [1.82, 2.24) is 24.8 Å². The average Bonchev–Trinajstić information content (AvgIpc) is 3.40. The standard InChI is InChI=1S/C21H25N5O2/c1-15-7-3-4-9-18(15)20-23-19(28-24-20)13-17-8-5-11-25(14-17)21(27)16(2)26-12-6-10-22-26/h3-4,6-7,9-10,12,16-17H,5,8,11,13-14H2,1-2H3/t16-,17-/m1/s1. The molecule has 1 aromatic carbocycles. The first-order valence-corrected chi connectivity index (χ1v) is 9.78. The fourth-order valence-electron chi connectivity index (χ4n) is 3.84. The van der Waals surface area contributed by atoms with Crippen LogP contribution in [0.2, 0.25) is 0 Å². The minimum Gasteiger partial charge on any atom is -0.341 e. The first-order chi connectivity index (χ1) is 13.6. The Balaban J connectivity index is 1.40. The van der Waals surface area contributed by atoms with E-state index in [9.17, 15) is 4.79 Å². The molecule has 1 saturated heterocycles. The van der Waals surface area contributed by atoms with E-state index >= 15 is 0 Å². The minimum absolute atomic E-state index is 0.111. The molecule has 1 aliphatic rings. The largest absolute Gasteiger partial charge is 0.341 e. The van der Waals surface area contributed by atoms with Crippen molar-refractivity contribution >= 4 is 5.91 Å². The van der Waals surface area contributed by atoms with Gasteiger partial charge in [0, 0.05) is 37.5 Å². The van der Waals surface area contributed by atoms with Gasteiger partial charge in [-0.05, 0) is 44.2 Å². The Kier molecular flexibility index (Phi) is 5.23. The fourth-order valence-corrected chi connectivity index (χ4v) is 3.84. The zero-order chi connectivity index (χ0) is 19.5. The van der Waals surface area contributed by atoms with Crippen molar-refractivity contribution in [2.75, 3.05) is 13.1 Å². The molecular formula is C21H25N5O2. The number of piperidine rings is 1. The molecule has 3 heterocycles. The van der Waals surface area contributed by atoms with Gasteiger partial charge in [-0.1, -0.05) is 29.4 Å². The summed E-state index contributed by atoms with van der Waals surface area (Å²) in [5.74, 6) is 1.70. The second-order valence-electron chi connectivity index (χ2n) is 7.49. The molecule has 2 atom stereocenters. The maximum atomic E-state index is 12.8. The molecule has 2 aromatic heterocycles. The molecule has 4 rings (SSSR count). The topological polar surface area (TPSA) is 77.0 Å². The summed E-state index contributed by atoms with van der Waals surface area (Å²) in [5.41, 5.74) is 2.11. The number of nitrogens with zero attached hydrogens (tertiary/aromatic N) is 5. The van der Waals surface area contributed by atoms with Crippen LogP contribution in [-0.2, 0) is 11.2 Å². The van der Waals surface area contributed by atoms with Gasteiger partial charge in [-0.3, -0.25) is 9.48 Å². The van der Waals surface area contributed by atoms with Crippen molar-refractivity contribution in [2.45, 2.75) is 39.2 Å². The molecule has 1 aliphatic heterocycles. The Morgan fingerprint density at radius 3 is 2.96 bits per heavy atom. The lowest BCUT2D eigenvalue weighted by atomic mass is 9.94. The first-order valence-electron chi connectivity index (χ1n) is 9.78. The normalized spacial score (nSPS) is 18.2. The molecule has 28 heavy (non-hydrogen) atoms. The molecule has 0 saturated carbocycles. The third kappa shape index (κ3) is 3.83. The van der Waals surface area contributed by atoms with Gasteiger partial charge in [0.2, 0.25) is 17.6 Å². The minimum atomic E-state index is -0.287. The summed E-state index contributed by atoms with van der Waals surface area (Å²) in [5, 5.41) is 8.34. The van der Waals surface area contributed by atoms with Crippen LogP contribution >= 0.6 is 0 Å². The van der Waals surface area contributed by atoms with E-state index in [-0.39, 0.29) is 11.9 Å². The van der Waals surface area contributed by atoms with Crippen molar-refractivity contribution in [3.05, 3.63) is 54.2 Å². The van der Waals surface area contributed by atoms with E-state index in [0.717, 1.165) is 30.5 Å². The summed E-state index contributed by atoms with van der Waals surface area (Å²) in [6.45, 7) is 5.44. The maximum absolute atomic E-state index is 12.8. The molecule has 0 bridgehead atoms. The van der Waals surface area contributed by atoms with E-state index in [1.165, 1.54) is 0 Å². The van der Waals surface area contributed by atoms with Gasteiger partial charge < -0.3 is 9.42 Å². The van der Waals surface area contributed by atoms with Gasteiger partial charge in [0.1, 0.15) is 6.04 Å². The highest BCUT2D eigenvalue weighted by atomic mass is 16.5. The zero-order valence-electron chi connectivity index (χ0n) is 16.3. The summed E-state index contributed by atoms with van der Waals surface area (Å²) < 4.78 is 7.21. The second kappa shape index (κ2) is 7.96. The highest BCUT2D eigenvalue weighted by Gasteiger charge is 2.29. The molecule has 7 heteroatoms. The number of benzene rings is 1. The molecule has 7 nitrogen and oxygen atoms in total. The van der Waals surface area contributed by atoms with Crippen LogP contribution in [0.15, 0.2) is 47.2 Å². The molecular weight excluding hydrogens is 354 g/mol. The predicted molar refractivity (Wildman–Crippen MR) is 104 cm³/mol. The summed E-state index contributed by atoms with van der Waals surface area (Å²) in [4.78, 5) is 19.4. The quantitative estimate of drug-likeness (QED) is 0.680. The summed E-state index contributed by atoms with van der Waals surface area (Å²) in [6.07, 6.45) is 6.27. The van der Waals surface area contributed by atoms with Crippen molar-refractivity contribution in [3.8, 4) is 11.4 Å². The van der Waals surface area contributed by atoms with Crippen LogP contribution in [-0.4, -0.2) is 43.8 Å². The molecule has 1 fully saturated rings. The van der Waals surface area contributed by atoms with E-state index < -0.39 is 0 Å².